The van der Waals surface area contributed by atoms with Crippen LogP contribution in [0.2, 0.25) is 0 Å². The first-order chi connectivity index (χ1) is 10.2. The van der Waals surface area contributed by atoms with Gasteiger partial charge in [0.15, 0.2) is 5.96 Å². The topological polar surface area (TPSA) is 59.4 Å². The molecule has 0 aliphatic rings. The monoisotopic (exact) mass is 285 g/mol. The van der Waals surface area contributed by atoms with Crippen LogP contribution in [0.3, 0.4) is 0 Å². The Bertz CT molecular complexity index is 570. The van der Waals surface area contributed by atoms with E-state index in [9.17, 15) is 0 Å². The molecule has 5 nitrogen and oxygen atoms in total. The fourth-order valence-corrected chi connectivity index (χ4v) is 2.23. The van der Waals surface area contributed by atoms with E-state index in [1.807, 2.05) is 21.8 Å². The molecule has 0 saturated heterocycles. The van der Waals surface area contributed by atoms with Crippen LogP contribution in [0.4, 0.5) is 0 Å². The minimum absolute atomic E-state index is 0.606. The van der Waals surface area contributed by atoms with Crippen LogP contribution in [-0.4, -0.2) is 33.7 Å². The van der Waals surface area contributed by atoms with Crippen molar-refractivity contribution in [2.75, 3.05) is 13.1 Å². The molecule has 21 heavy (non-hydrogen) atoms. The van der Waals surface area contributed by atoms with Gasteiger partial charge < -0.3 is 10.6 Å². The molecule has 0 bridgehead atoms. The molecule has 2 N–H and O–H groups in total. The Morgan fingerprint density at radius 3 is 2.67 bits per heavy atom. The Labute approximate surface area is 126 Å². The number of aliphatic imine (C=N–C) groups is 1. The molecule has 0 unspecified atom stereocenters. The molecule has 2 aromatic rings. The Kier molecular flexibility index (Phi) is 5.37. The predicted octanol–water partition coefficient (Wildman–Crippen LogP) is 2.09. The number of benzene rings is 1. The van der Waals surface area contributed by atoms with Gasteiger partial charge in [0, 0.05) is 25.5 Å². The van der Waals surface area contributed by atoms with Crippen LogP contribution in [0.5, 0.6) is 0 Å². The van der Waals surface area contributed by atoms with Gasteiger partial charge >= 0.3 is 0 Å². The second kappa shape index (κ2) is 7.47. The van der Waals surface area contributed by atoms with Gasteiger partial charge in [-0.2, -0.15) is 5.10 Å². The van der Waals surface area contributed by atoms with Crippen molar-refractivity contribution in [3.05, 3.63) is 53.9 Å². The Balaban J connectivity index is 2.02. The Hall–Kier alpha value is -2.30. The number of guanidine groups is 1. The van der Waals surface area contributed by atoms with Crippen molar-refractivity contribution in [3.8, 4) is 0 Å². The van der Waals surface area contributed by atoms with Crippen molar-refractivity contribution in [1.82, 2.24) is 14.7 Å². The average Bonchev–Trinajstić information content (AvgIpc) is 3.00. The summed E-state index contributed by atoms with van der Waals surface area (Å²) in [5, 5.41) is 4.22. The molecule has 0 saturated carbocycles. The van der Waals surface area contributed by atoms with Gasteiger partial charge in [0.1, 0.15) is 0 Å². The summed E-state index contributed by atoms with van der Waals surface area (Å²) in [5.74, 6) is 0.609. The van der Waals surface area contributed by atoms with Gasteiger partial charge in [0.05, 0.1) is 13.1 Å². The van der Waals surface area contributed by atoms with E-state index in [0.717, 1.165) is 25.2 Å². The van der Waals surface area contributed by atoms with E-state index in [1.54, 1.807) is 6.20 Å². The zero-order valence-corrected chi connectivity index (χ0v) is 12.7. The second-order valence-corrected chi connectivity index (χ2v) is 4.87. The van der Waals surface area contributed by atoms with Crippen molar-refractivity contribution in [2.45, 2.75) is 26.9 Å². The van der Waals surface area contributed by atoms with E-state index in [2.05, 4.69) is 48.2 Å². The summed E-state index contributed by atoms with van der Waals surface area (Å²) in [6, 6.07) is 10.3. The lowest BCUT2D eigenvalue weighted by Crippen LogP contribution is -2.37. The van der Waals surface area contributed by atoms with Crippen molar-refractivity contribution in [2.24, 2.45) is 10.7 Å². The first-order valence-corrected chi connectivity index (χ1v) is 7.33. The van der Waals surface area contributed by atoms with Crippen LogP contribution in [0.1, 0.15) is 25.0 Å². The zero-order chi connectivity index (χ0) is 15.1. The molecule has 112 valence electrons. The highest BCUT2D eigenvalue weighted by Crippen LogP contribution is 2.08. The molecule has 0 spiro atoms. The second-order valence-electron chi connectivity index (χ2n) is 4.87. The highest BCUT2D eigenvalue weighted by atomic mass is 15.3. The molecule has 1 aromatic heterocycles. The fraction of sp³-hybridized carbons (Fsp3) is 0.375. The van der Waals surface area contributed by atoms with Crippen LogP contribution in [-0.2, 0) is 13.1 Å². The molecule has 1 aromatic carbocycles. The number of aromatic nitrogens is 2. The van der Waals surface area contributed by atoms with E-state index >= 15 is 0 Å². The van der Waals surface area contributed by atoms with Crippen molar-refractivity contribution in [3.63, 3.8) is 0 Å². The quantitative estimate of drug-likeness (QED) is 0.653. The van der Waals surface area contributed by atoms with Crippen LogP contribution >= 0.6 is 0 Å². The lowest BCUT2D eigenvalue weighted by molar-refractivity contribution is 0.458. The van der Waals surface area contributed by atoms with Crippen molar-refractivity contribution < 1.29 is 0 Å². The minimum atomic E-state index is 0.606. The van der Waals surface area contributed by atoms with Gasteiger partial charge in [-0.05, 0) is 31.0 Å². The third-order valence-corrected chi connectivity index (χ3v) is 3.41. The molecule has 0 aliphatic carbocycles. The van der Waals surface area contributed by atoms with Gasteiger partial charge in [0.2, 0.25) is 0 Å². The zero-order valence-electron chi connectivity index (χ0n) is 12.7. The number of nitrogens with zero attached hydrogens (tertiary/aromatic N) is 4. The van der Waals surface area contributed by atoms with E-state index in [1.165, 1.54) is 5.56 Å². The van der Waals surface area contributed by atoms with E-state index in [4.69, 9.17) is 5.73 Å². The van der Waals surface area contributed by atoms with Gasteiger partial charge in [-0.15, -0.1) is 0 Å². The molecule has 0 fully saturated rings. The molecule has 0 amide bonds. The predicted molar refractivity (Wildman–Crippen MR) is 86.0 cm³/mol. The lowest BCUT2D eigenvalue weighted by atomic mass is 10.1. The average molecular weight is 285 g/mol. The molecule has 2 rings (SSSR count). The molecular formula is C16H23N5. The van der Waals surface area contributed by atoms with Gasteiger partial charge in [0.25, 0.3) is 0 Å². The first kappa shape index (κ1) is 15.1. The van der Waals surface area contributed by atoms with Gasteiger partial charge in [-0.25, -0.2) is 4.99 Å². The molecule has 0 aliphatic heterocycles. The SMILES string of the molecule is CCN(CC)C(N)=NCc1cccc(Cn2cccn2)c1. The summed E-state index contributed by atoms with van der Waals surface area (Å²) < 4.78 is 1.91. The van der Waals surface area contributed by atoms with Crippen LogP contribution in [0, 0.1) is 0 Å². The van der Waals surface area contributed by atoms with E-state index in [-0.39, 0.29) is 0 Å². The lowest BCUT2D eigenvalue weighted by Gasteiger charge is -2.19. The molecule has 5 heteroatoms. The Morgan fingerprint density at radius 1 is 1.24 bits per heavy atom. The molecular weight excluding hydrogens is 262 g/mol. The third kappa shape index (κ3) is 4.34. The maximum atomic E-state index is 6.00. The molecule has 1 heterocycles. The smallest absolute Gasteiger partial charge is 0.191 e. The highest BCUT2D eigenvalue weighted by molar-refractivity contribution is 5.77. The fourth-order valence-electron chi connectivity index (χ4n) is 2.23. The maximum Gasteiger partial charge on any atom is 0.191 e. The maximum absolute atomic E-state index is 6.00. The standard InChI is InChI=1S/C16H23N5/c1-3-20(4-2)16(17)18-12-14-7-5-8-15(11-14)13-21-10-6-9-19-21/h5-11H,3-4,12-13H2,1-2H3,(H2,17,18). The summed E-state index contributed by atoms with van der Waals surface area (Å²) in [4.78, 5) is 6.52. The highest BCUT2D eigenvalue weighted by Gasteiger charge is 2.02. The number of hydrogen-bond acceptors (Lipinski definition) is 2. The molecule has 0 radical (unpaired) electrons. The van der Waals surface area contributed by atoms with Gasteiger partial charge in [-0.1, -0.05) is 24.3 Å². The van der Waals surface area contributed by atoms with Crippen molar-refractivity contribution in [1.29, 1.82) is 0 Å². The summed E-state index contributed by atoms with van der Waals surface area (Å²) in [5.41, 5.74) is 8.37. The van der Waals surface area contributed by atoms with Crippen LogP contribution < -0.4 is 5.73 Å². The largest absolute Gasteiger partial charge is 0.370 e. The number of hydrogen-bond donors (Lipinski definition) is 1. The van der Waals surface area contributed by atoms with E-state index < -0.39 is 0 Å². The normalized spacial score (nSPS) is 11.6. The third-order valence-electron chi connectivity index (χ3n) is 3.41. The van der Waals surface area contributed by atoms with E-state index in [0.29, 0.717) is 12.5 Å². The number of rotatable bonds is 6. The summed E-state index contributed by atoms with van der Waals surface area (Å²) in [6.45, 7) is 7.30. The minimum Gasteiger partial charge on any atom is -0.370 e. The Morgan fingerprint density at radius 2 is 2.00 bits per heavy atom. The van der Waals surface area contributed by atoms with Gasteiger partial charge in [-0.3, -0.25) is 4.68 Å². The van der Waals surface area contributed by atoms with Crippen LogP contribution in [0.15, 0.2) is 47.7 Å². The number of nitrogens with two attached hydrogens (primary N) is 1. The summed E-state index contributed by atoms with van der Waals surface area (Å²) in [6.07, 6.45) is 3.75. The summed E-state index contributed by atoms with van der Waals surface area (Å²) in [7, 11) is 0. The van der Waals surface area contributed by atoms with Crippen LogP contribution in [0.25, 0.3) is 0 Å². The first-order valence-electron chi connectivity index (χ1n) is 7.33. The molecule has 0 atom stereocenters. The summed E-state index contributed by atoms with van der Waals surface area (Å²) >= 11 is 0. The van der Waals surface area contributed by atoms with Crippen molar-refractivity contribution >= 4 is 5.96 Å².